The normalized spacial score (nSPS) is 10.1. The number of hydrogen-bond donors (Lipinski definition) is 2. The van der Waals surface area contributed by atoms with Gasteiger partial charge < -0.3 is 10.6 Å². The third-order valence-electron chi connectivity index (χ3n) is 2.46. The quantitative estimate of drug-likeness (QED) is 0.894. The van der Waals surface area contributed by atoms with Crippen molar-refractivity contribution in [2.75, 3.05) is 17.7 Å². The van der Waals surface area contributed by atoms with E-state index in [4.69, 9.17) is 11.6 Å². The molecular formula is C13H11BrClN3O. The van der Waals surface area contributed by atoms with Crippen molar-refractivity contribution in [3.63, 3.8) is 0 Å². The maximum atomic E-state index is 12.0. The summed E-state index contributed by atoms with van der Waals surface area (Å²) in [5.41, 5.74) is 1.03. The van der Waals surface area contributed by atoms with Crippen molar-refractivity contribution in [2.24, 2.45) is 0 Å². The van der Waals surface area contributed by atoms with Gasteiger partial charge in [0.25, 0.3) is 5.91 Å². The van der Waals surface area contributed by atoms with Gasteiger partial charge in [0.05, 0.1) is 16.3 Å². The van der Waals surface area contributed by atoms with Crippen LogP contribution in [0.3, 0.4) is 0 Å². The fourth-order valence-electron chi connectivity index (χ4n) is 1.46. The number of halogens is 2. The van der Waals surface area contributed by atoms with Gasteiger partial charge in [-0.15, -0.1) is 0 Å². The van der Waals surface area contributed by atoms with E-state index < -0.39 is 0 Å². The van der Waals surface area contributed by atoms with E-state index in [0.29, 0.717) is 22.1 Å². The summed E-state index contributed by atoms with van der Waals surface area (Å²) in [6.07, 6.45) is 1.51. The highest BCUT2D eigenvalue weighted by Gasteiger charge is 2.09. The number of pyridine rings is 1. The minimum Gasteiger partial charge on any atom is -0.373 e. The first-order chi connectivity index (χ1) is 9.10. The third-order valence-corrected chi connectivity index (χ3v) is 3.27. The predicted molar refractivity (Wildman–Crippen MR) is 80.9 cm³/mol. The number of nitrogens with zero attached hydrogens (tertiary/aromatic N) is 1. The summed E-state index contributed by atoms with van der Waals surface area (Å²) in [7, 11) is 1.77. The molecule has 0 aliphatic carbocycles. The first-order valence-electron chi connectivity index (χ1n) is 5.50. The molecule has 0 saturated heterocycles. The van der Waals surface area contributed by atoms with Gasteiger partial charge in [0.15, 0.2) is 0 Å². The molecule has 0 aliphatic rings. The summed E-state index contributed by atoms with van der Waals surface area (Å²) in [5, 5.41) is 6.10. The molecule has 2 rings (SSSR count). The Morgan fingerprint density at radius 3 is 2.68 bits per heavy atom. The van der Waals surface area contributed by atoms with E-state index in [9.17, 15) is 4.79 Å². The molecule has 1 amide bonds. The molecule has 0 aliphatic heterocycles. The van der Waals surface area contributed by atoms with Crippen LogP contribution >= 0.6 is 27.5 Å². The molecular weight excluding hydrogens is 330 g/mol. The summed E-state index contributed by atoms with van der Waals surface area (Å²) in [5.74, 6) is 0.456. The van der Waals surface area contributed by atoms with Crippen LogP contribution in [-0.4, -0.2) is 17.9 Å². The zero-order chi connectivity index (χ0) is 13.8. The van der Waals surface area contributed by atoms with Crippen LogP contribution < -0.4 is 10.6 Å². The van der Waals surface area contributed by atoms with Crippen LogP contribution in [-0.2, 0) is 0 Å². The monoisotopic (exact) mass is 339 g/mol. The average Bonchev–Trinajstić information content (AvgIpc) is 2.42. The van der Waals surface area contributed by atoms with Crippen molar-refractivity contribution in [3.05, 3.63) is 51.6 Å². The highest BCUT2D eigenvalue weighted by molar-refractivity contribution is 9.10. The SMILES string of the molecule is CNc1ccc(C(=O)Nc2ccc(Br)cc2Cl)cn1. The molecule has 0 unspecified atom stereocenters. The fourth-order valence-corrected chi connectivity index (χ4v) is 2.18. The van der Waals surface area contributed by atoms with Gasteiger partial charge >= 0.3 is 0 Å². The molecule has 98 valence electrons. The van der Waals surface area contributed by atoms with Crippen LogP contribution in [0.15, 0.2) is 41.0 Å². The summed E-state index contributed by atoms with van der Waals surface area (Å²) in [6.45, 7) is 0. The summed E-state index contributed by atoms with van der Waals surface area (Å²) in [6, 6.07) is 8.70. The van der Waals surface area contributed by atoms with Crippen molar-refractivity contribution in [1.82, 2.24) is 4.98 Å². The minimum absolute atomic E-state index is 0.251. The zero-order valence-corrected chi connectivity index (χ0v) is 12.4. The topological polar surface area (TPSA) is 54.0 Å². The second-order valence-corrected chi connectivity index (χ2v) is 5.08. The van der Waals surface area contributed by atoms with Crippen molar-refractivity contribution in [3.8, 4) is 0 Å². The number of carbonyl (C=O) groups is 1. The number of amides is 1. The second-order valence-electron chi connectivity index (χ2n) is 3.76. The average molecular weight is 341 g/mol. The lowest BCUT2D eigenvalue weighted by Crippen LogP contribution is -2.12. The summed E-state index contributed by atoms with van der Waals surface area (Å²) < 4.78 is 0.857. The standard InChI is InChI=1S/C13H11BrClN3O/c1-16-12-5-2-8(7-17-12)13(19)18-11-4-3-9(14)6-10(11)15/h2-7H,1H3,(H,16,17)(H,18,19). The predicted octanol–water partition coefficient (Wildman–Crippen LogP) is 3.79. The third kappa shape index (κ3) is 3.45. The second kappa shape index (κ2) is 6.04. The number of anilines is 2. The Bertz CT molecular complexity index is 601. The Kier molecular flexibility index (Phi) is 4.39. The van der Waals surface area contributed by atoms with Gasteiger partial charge in [-0.2, -0.15) is 0 Å². The van der Waals surface area contributed by atoms with Crippen molar-refractivity contribution < 1.29 is 4.79 Å². The maximum Gasteiger partial charge on any atom is 0.257 e. The molecule has 1 aromatic heterocycles. The molecule has 0 spiro atoms. The molecule has 4 nitrogen and oxygen atoms in total. The summed E-state index contributed by atoms with van der Waals surface area (Å²) >= 11 is 9.35. The minimum atomic E-state index is -0.251. The Morgan fingerprint density at radius 1 is 1.32 bits per heavy atom. The number of carbonyl (C=O) groups excluding carboxylic acids is 1. The highest BCUT2D eigenvalue weighted by atomic mass is 79.9. The highest BCUT2D eigenvalue weighted by Crippen LogP contribution is 2.26. The maximum absolute atomic E-state index is 12.0. The zero-order valence-electron chi connectivity index (χ0n) is 10.1. The van der Waals surface area contributed by atoms with Crippen molar-refractivity contribution >= 4 is 44.9 Å². The smallest absolute Gasteiger partial charge is 0.257 e. The van der Waals surface area contributed by atoms with Crippen LogP contribution in [0.2, 0.25) is 5.02 Å². The molecule has 0 atom stereocenters. The van der Waals surface area contributed by atoms with Crippen molar-refractivity contribution in [2.45, 2.75) is 0 Å². The van der Waals surface area contributed by atoms with Gasteiger partial charge in [0, 0.05) is 17.7 Å². The number of benzene rings is 1. The Morgan fingerprint density at radius 2 is 2.11 bits per heavy atom. The van der Waals surface area contributed by atoms with E-state index >= 15 is 0 Å². The van der Waals surface area contributed by atoms with Gasteiger partial charge in [0.1, 0.15) is 5.82 Å². The lowest BCUT2D eigenvalue weighted by Gasteiger charge is -2.07. The first-order valence-corrected chi connectivity index (χ1v) is 6.67. The first kappa shape index (κ1) is 13.8. The number of nitrogens with one attached hydrogen (secondary N) is 2. The van der Waals surface area contributed by atoms with Gasteiger partial charge in [-0.05, 0) is 30.3 Å². The summed E-state index contributed by atoms with van der Waals surface area (Å²) in [4.78, 5) is 16.1. The Balaban J connectivity index is 2.15. The van der Waals surface area contributed by atoms with Gasteiger partial charge in [-0.1, -0.05) is 27.5 Å². The van der Waals surface area contributed by atoms with Crippen molar-refractivity contribution in [1.29, 1.82) is 0 Å². The van der Waals surface area contributed by atoms with E-state index in [1.807, 2.05) is 6.07 Å². The molecule has 1 aromatic carbocycles. The van der Waals surface area contributed by atoms with Gasteiger partial charge in [-0.25, -0.2) is 4.98 Å². The van der Waals surface area contributed by atoms with Crippen LogP contribution in [0.4, 0.5) is 11.5 Å². The molecule has 0 fully saturated rings. The van der Waals surface area contributed by atoms with Crippen LogP contribution in [0.1, 0.15) is 10.4 Å². The molecule has 19 heavy (non-hydrogen) atoms. The van der Waals surface area contributed by atoms with E-state index in [-0.39, 0.29) is 5.91 Å². The number of rotatable bonds is 3. The molecule has 2 N–H and O–H groups in total. The lowest BCUT2D eigenvalue weighted by atomic mass is 10.2. The molecule has 0 saturated carbocycles. The van der Waals surface area contributed by atoms with Crippen LogP contribution in [0.5, 0.6) is 0 Å². The van der Waals surface area contributed by atoms with E-state index in [1.165, 1.54) is 6.20 Å². The lowest BCUT2D eigenvalue weighted by molar-refractivity contribution is 0.102. The van der Waals surface area contributed by atoms with Gasteiger partial charge in [-0.3, -0.25) is 4.79 Å². The fraction of sp³-hybridized carbons (Fsp3) is 0.0769. The Hall–Kier alpha value is -1.59. The number of hydrogen-bond acceptors (Lipinski definition) is 3. The largest absolute Gasteiger partial charge is 0.373 e. The van der Waals surface area contributed by atoms with E-state index in [2.05, 4.69) is 31.5 Å². The van der Waals surface area contributed by atoms with Crippen LogP contribution in [0, 0.1) is 0 Å². The molecule has 6 heteroatoms. The molecule has 0 bridgehead atoms. The number of aromatic nitrogens is 1. The van der Waals surface area contributed by atoms with Gasteiger partial charge in [0.2, 0.25) is 0 Å². The Labute approximate surface area is 124 Å². The molecule has 2 aromatic rings. The van der Waals surface area contributed by atoms with E-state index in [1.54, 1.807) is 31.3 Å². The molecule has 0 radical (unpaired) electrons. The van der Waals surface area contributed by atoms with Crippen LogP contribution in [0.25, 0.3) is 0 Å². The van der Waals surface area contributed by atoms with E-state index in [0.717, 1.165) is 4.47 Å². The molecule has 1 heterocycles.